The molecule has 13 rings (SSSR count). The maximum Gasteiger partial charge on any atom is 0.252 e. The van der Waals surface area contributed by atoms with Gasteiger partial charge in [-0.05, 0) is 103 Å². The van der Waals surface area contributed by atoms with Crippen molar-refractivity contribution < 1.29 is 8.78 Å². The van der Waals surface area contributed by atoms with Crippen molar-refractivity contribution in [1.82, 2.24) is 0 Å². The fourth-order valence-electron chi connectivity index (χ4n) is 10.5. The predicted octanol–water partition coefficient (Wildman–Crippen LogP) is 10.3. The molecular formula is C54H32B2F2N2S. The molecule has 0 aliphatic carbocycles. The summed E-state index contributed by atoms with van der Waals surface area (Å²) < 4.78 is 33.0. The summed E-state index contributed by atoms with van der Waals surface area (Å²) in [5, 5.41) is 0. The summed E-state index contributed by atoms with van der Waals surface area (Å²) in [6, 6.07) is 66.9. The molecule has 4 heterocycles. The molecule has 0 fully saturated rings. The van der Waals surface area contributed by atoms with Crippen molar-refractivity contribution in [2.45, 2.75) is 9.79 Å². The van der Waals surface area contributed by atoms with Gasteiger partial charge in [0.15, 0.2) is 0 Å². The van der Waals surface area contributed by atoms with Gasteiger partial charge >= 0.3 is 0 Å². The molecule has 0 N–H and O–H groups in total. The van der Waals surface area contributed by atoms with Crippen molar-refractivity contribution in [3.63, 3.8) is 0 Å². The number of nitrogens with zero attached hydrogens (tertiary/aromatic N) is 2. The molecule has 0 radical (unpaired) electrons. The van der Waals surface area contributed by atoms with E-state index in [4.69, 9.17) is 0 Å². The number of hydrogen-bond donors (Lipinski definition) is 0. The van der Waals surface area contributed by atoms with Gasteiger partial charge in [-0.3, -0.25) is 0 Å². The molecular weight excluding hydrogens is 768 g/mol. The van der Waals surface area contributed by atoms with Gasteiger partial charge in [-0.25, -0.2) is 8.78 Å². The van der Waals surface area contributed by atoms with Crippen LogP contribution in [0.5, 0.6) is 0 Å². The molecule has 7 heteroatoms. The molecule has 0 aromatic heterocycles. The van der Waals surface area contributed by atoms with Crippen molar-refractivity contribution in [3.05, 3.63) is 206 Å². The highest BCUT2D eigenvalue weighted by Gasteiger charge is 2.51. The van der Waals surface area contributed by atoms with E-state index in [-0.39, 0.29) is 19.1 Å². The van der Waals surface area contributed by atoms with Crippen LogP contribution >= 0.6 is 11.8 Å². The van der Waals surface area contributed by atoms with Crippen LogP contribution in [0, 0.1) is 11.6 Å². The first-order valence-corrected chi connectivity index (χ1v) is 21.5. The van der Waals surface area contributed by atoms with Crippen LogP contribution in [0.15, 0.2) is 204 Å². The minimum atomic E-state index is -0.607. The van der Waals surface area contributed by atoms with Gasteiger partial charge < -0.3 is 9.80 Å². The second-order valence-corrected chi connectivity index (χ2v) is 17.3. The first-order chi connectivity index (χ1) is 30.1. The van der Waals surface area contributed by atoms with E-state index < -0.39 is 11.6 Å². The molecule has 4 aliphatic heterocycles. The molecule has 0 amide bonds. The van der Waals surface area contributed by atoms with Crippen molar-refractivity contribution in [3.8, 4) is 33.4 Å². The summed E-state index contributed by atoms with van der Waals surface area (Å²) >= 11 is 1.75. The second-order valence-electron chi connectivity index (χ2n) is 16.2. The van der Waals surface area contributed by atoms with Crippen molar-refractivity contribution >= 4 is 92.1 Å². The third-order valence-electron chi connectivity index (χ3n) is 13.0. The van der Waals surface area contributed by atoms with E-state index in [1.807, 2.05) is 11.0 Å². The Morgan fingerprint density at radius 3 is 1.44 bits per heavy atom. The molecule has 2 nitrogen and oxygen atoms in total. The van der Waals surface area contributed by atoms with E-state index in [0.717, 1.165) is 83.1 Å². The largest absolute Gasteiger partial charge is 0.312 e. The Labute approximate surface area is 357 Å². The van der Waals surface area contributed by atoms with Crippen LogP contribution in [-0.4, -0.2) is 13.4 Å². The lowest BCUT2D eigenvalue weighted by atomic mass is 9.29. The van der Waals surface area contributed by atoms with Crippen molar-refractivity contribution in [1.29, 1.82) is 0 Å². The smallest absolute Gasteiger partial charge is 0.252 e. The highest BCUT2D eigenvalue weighted by molar-refractivity contribution is 8.00. The number of benzene rings is 9. The molecule has 0 unspecified atom stereocenters. The molecule has 61 heavy (non-hydrogen) atoms. The van der Waals surface area contributed by atoms with Gasteiger partial charge in [0.25, 0.3) is 6.71 Å². The van der Waals surface area contributed by atoms with Crippen LogP contribution < -0.4 is 42.6 Å². The lowest BCUT2D eigenvalue weighted by Gasteiger charge is -2.49. The van der Waals surface area contributed by atoms with Crippen LogP contribution in [0.4, 0.5) is 42.9 Å². The van der Waals surface area contributed by atoms with E-state index in [0.29, 0.717) is 0 Å². The van der Waals surface area contributed by atoms with Gasteiger partial charge in [0.05, 0.1) is 0 Å². The standard InChI is InChI=1S/C54H32B2F2N2S/c57-43-20-12-21-44(58)53(43)59-45-28-25-36(33-13-4-1-5-14-33)29-42(45)56-40-27-24-38(35-17-8-3-9-18-35)31-47(40)60-46-30-37(34-15-6-2-7-16-34)23-26-39(46)55-41-19-10-11-22-49(41)61-50-32-48(59)51(56)54(60)52(50)55/h1-32H. The zero-order valence-corrected chi connectivity index (χ0v) is 33.5. The number of anilines is 6. The Bertz CT molecular complexity index is 3270. The van der Waals surface area contributed by atoms with Gasteiger partial charge in [-0.15, -0.1) is 0 Å². The molecule has 0 spiro atoms. The van der Waals surface area contributed by atoms with Crippen LogP contribution in [0.1, 0.15) is 0 Å². The molecule has 9 aromatic carbocycles. The predicted molar refractivity (Wildman–Crippen MR) is 252 cm³/mol. The van der Waals surface area contributed by atoms with Crippen LogP contribution in [0.2, 0.25) is 0 Å². The summed E-state index contributed by atoms with van der Waals surface area (Å²) in [5.41, 5.74) is 18.4. The Morgan fingerprint density at radius 1 is 0.328 bits per heavy atom. The third-order valence-corrected chi connectivity index (χ3v) is 14.2. The van der Waals surface area contributed by atoms with Gasteiger partial charge in [-0.2, -0.15) is 0 Å². The van der Waals surface area contributed by atoms with Crippen LogP contribution in [0.3, 0.4) is 0 Å². The van der Waals surface area contributed by atoms with Crippen molar-refractivity contribution in [2.24, 2.45) is 0 Å². The average molecular weight is 801 g/mol. The molecule has 284 valence electrons. The topological polar surface area (TPSA) is 6.48 Å². The maximum atomic E-state index is 16.5. The minimum absolute atomic E-state index is 0.0565. The zero-order valence-electron chi connectivity index (χ0n) is 32.7. The van der Waals surface area contributed by atoms with E-state index in [1.54, 1.807) is 11.8 Å². The lowest BCUT2D eigenvalue weighted by Crippen LogP contribution is -2.68. The molecule has 0 atom stereocenters. The SMILES string of the molecule is Fc1cccc(F)c1N1c2ccc(-c3ccccc3)cc2B2c3ccc(-c4ccccc4)cc3N3c4cc(-c5ccccc5)ccc4B4c5ccccc5Sc5cc1c2c3c54. The first kappa shape index (κ1) is 34.7. The van der Waals surface area contributed by atoms with E-state index in [2.05, 4.69) is 175 Å². The number of halogens is 2. The van der Waals surface area contributed by atoms with Gasteiger partial charge in [-0.1, -0.05) is 169 Å². The fraction of sp³-hybridized carbons (Fsp3) is 0. The quantitative estimate of drug-likeness (QED) is 0.164. The Hall–Kier alpha value is -7.08. The highest BCUT2D eigenvalue weighted by atomic mass is 32.2. The van der Waals surface area contributed by atoms with Crippen LogP contribution in [0.25, 0.3) is 33.4 Å². The normalized spacial score (nSPS) is 13.5. The van der Waals surface area contributed by atoms with Crippen LogP contribution in [-0.2, 0) is 0 Å². The van der Waals surface area contributed by atoms with Gasteiger partial charge in [0.1, 0.15) is 17.3 Å². The maximum absolute atomic E-state index is 16.5. The zero-order chi connectivity index (χ0) is 40.3. The van der Waals surface area contributed by atoms with E-state index in [9.17, 15) is 0 Å². The van der Waals surface area contributed by atoms with Crippen molar-refractivity contribution in [2.75, 3.05) is 9.80 Å². The van der Waals surface area contributed by atoms with E-state index in [1.165, 1.54) is 39.5 Å². The number of hydrogen-bond acceptors (Lipinski definition) is 3. The Balaban J connectivity index is 1.19. The molecule has 0 saturated heterocycles. The average Bonchev–Trinajstić information content (AvgIpc) is 3.32. The Kier molecular flexibility index (Phi) is 7.53. The van der Waals surface area contributed by atoms with Gasteiger partial charge in [0, 0.05) is 38.2 Å². The summed E-state index contributed by atoms with van der Waals surface area (Å²) in [7, 11) is 0. The summed E-state index contributed by atoms with van der Waals surface area (Å²) in [4.78, 5) is 6.63. The fourth-order valence-corrected chi connectivity index (χ4v) is 11.6. The second kappa shape index (κ2) is 13.2. The van der Waals surface area contributed by atoms with Gasteiger partial charge in [0.2, 0.25) is 6.71 Å². The van der Waals surface area contributed by atoms with E-state index >= 15 is 8.78 Å². The number of fused-ring (bicyclic) bond motifs is 10. The third kappa shape index (κ3) is 5.04. The molecule has 4 aliphatic rings. The molecule has 0 bridgehead atoms. The summed E-state index contributed by atoms with van der Waals surface area (Å²) in [6.45, 7) is -0.295. The highest BCUT2D eigenvalue weighted by Crippen LogP contribution is 2.50. The molecule has 9 aromatic rings. The summed E-state index contributed by atoms with van der Waals surface area (Å²) in [6.07, 6.45) is 0. The molecule has 0 saturated carbocycles. The lowest BCUT2D eigenvalue weighted by molar-refractivity contribution is 0.586. The monoisotopic (exact) mass is 800 g/mol. The first-order valence-electron chi connectivity index (χ1n) is 20.7. The summed E-state index contributed by atoms with van der Waals surface area (Å²) in [5.74, 6) is -1.21. The number of para-hydroxylation sites is 1. The Morgan fingerprint density at radius 2 is 0.836 bits per heavy atom. The minimum Gasteiger partial charge on any atom is -0.312 e. The number of rotatable bonds is 4.